The van der Waals surface area contributed by atoms with Gasteiger partial charge in [0.2, 0.25) is 0 Å². The number of nitrogens with one attached hydrogen (secondary N) is 1. The van der Waals surface area contributed by atoms with Crippen molar-refractivity contribution in [2.24, 2.45) is 0 Å². The molecule has 0 bridgehead atoms. The van der Waals surface area contributed by atoms with Gasteiger partial charge in [0.15, 0.2) is 0 Å². The molecule has 0 aromatic rings. The van der Waals surface area contributed by atoms with Crippen molar-refractivity contribution in [3.63, 3.8) is 0 Å². The Morgan fingerprint density at radius 2 is 2.06 bits per heavy atom. The number of aliphatic carboxylic acids is 1. The van der Waals surface area contributed by atoms with Gasteiger partial charge in [-0.15, -0.1) is 0 Å². The number of hydrogen-bond acceptors (Lipinski definition) is 4. The summed E-state index contributed by atoms with van der Waals surface area (Å²) in [7, 11) is 2.71. The molecule has 0 radical (unpaired) electrons. The van der Waals surface area contributed by atoms with E-state index in [0.29, 0.717) is 12.9 Å². The molecule has 0 aliphatic carbocycles. The maximum atomic E-state index is 12.0. The van der Waals surface area contributed by atoms with Crippen molar-refractivity contribution in [3.8, 4) is 0 Å². The first-order valence-electron chi connectivity index (χ1n) is 5.75. The fraction of sp³-hybridized carbons (Fsp3) is 0.900. The average molecular weight is 246 g/mol. The molecular formula is C10H20BFN2O3. The van der Waals surface area contributed by atoms with Crippen LogP contribution in [0, 0.1) is 0 Å². The van der Waals surface area contributed by atoms with Crippen molar-refractivity contribution >= 4 is 13.1 Å². The molecule has 0 aromatic carbocycles. The Balaban J connectivity index is 3.69. The first-order chi connectivity index (χ1) is 8.02. The Labute approximate surface area is 102 Å². The van der Waals surface area contributed by atoms with Crippen molar-refractivity contribution in [3.05, 3.63) is 0 Å². The van der Waals surface area contributed by atoms with E-state index in [4.69, 9.17) is 5.11 Å². The second-order valence-corrected chi connectivity index (χ2v) is 4.24. The van der Waals surface area contributed by atoms with Crippen LogP contribution in [0.25, 0.3) is 0 Å². The molecule has 5 nitrogen and oxygen atoms in total. The SMILES string of the molecule is CC(CCCCC(NF)C(=O)O)N(C)CB=O. The summed E-state index contributed by atoms with van der Waals surface area (Å²) in [6, 6.07) is -0.847. The third-order valence-corrected chi connectivity index (χ3v) is 2.91. The maximum absolute atomic E-state index is 12.0. The second kappa shape index (κ2) is 9.24. The predicted molar refractivity (Wildman–Crippen MR) is 62.7 cm³/mol. The van der Waals surface area contributed by atoms with E-state index in [1.165, 1.54) is 5.54 Å². The summed E-state index contributed by atoms with van der Waals surface area (Å²) in [5.74, 6) is -1.17. The van der Waals surface area contributed by atoms with Gasteiger partial charge in [-0.3, -0.25) is 0 Å². The quantitative estimate of drug-likeness (QED) is 0.339. The van der Waals surface area contributed by atoms with Crippen LogP contribution in [0.2, 0.25) is 0 Å². The average Bonchev–Trinajstić information content (AvgIpc) is 2.28. The van der Waals surface area contributed by atoms with E-state index in [2.05, 4.69) is 0 Å². The molecule has 0 heterocycles. The van der Waals surface area contributed by atoms with Crippen LogP contribution in [-0.2, 0) is 9.50 Å². The topological polar surface area (TPSA) is 69.6 Å². The molecule has 2 unspecified atom stereocenters. The van der Waals surface area contributed by atoms with Gasteiger partial charge in [-0.25, -0.2) is 0 Å². The summed E-state index contributed by atoms with van der Waals surface area (Å²) >= 11 is 0. The van der Waals surface area contributed by atoms with Crippen LogP contribution in [0.5, 0.6) is 0 Å². The summed E-state index contributed by atoms with van der Waals surface area (Å²) in [6.07, 6.45) is 2.99. The second-order valence-electron chi connectivity index (χ2n) is 4.24. The molecular weight excluding hydrogens is 226 g/mol. The molecule has 98 valence electrons. The molecule has 2 N–H and O–H groups in total. The number of carboxylic acid groups (broad SMARTS) is 1. The van der Waals surface area contributed by atoms with E-state index in [9.17, 15) is 14.0 Å². The molecule has 0 aliphatic heterocycles. The van der Waals surface area contributed by atoms with Gasteiger partial charge in [-0.05, 0) is 0 Å². The normalized spacial score (nSPS) is 14.4. The fourth-order valence-electron chi connectivity index (χ4n) is 1.53. The van der Waals surface area contributed by atoms with Crippen molar-refractivity contribution in [1.82, 2.24) is 10.4 Å². The summed E-state index contributed by atoms with van der Waals surface area (Å²) in [5, 5.41) is 8.59. The van der Waals surface area contributed by atoms with E-state index in [1.807, 2.05) is 18.9 Å². The van der Waals surface area contributed by atoms with E-state index < -0.39 is 12.0 Å². The molecule has 0 amide bonds. The molecule has 0 fully saturated rings. The Hall–Kier alpha value is -0.815. The number of nitrogens with zero attached hydrogens (tertiary/aromatic N) is 1. The molecule has 0 aromatic heterocycles. The molecule has 0 spiro atoms. The van der Waals surface area contributed by atoms with Crippen LogP contribution in [-0.4, -0.2) is 48.7 Å². The first kappa shape index (κ1) is 16.2. The molecule has 17 heavy (non-hydrogen) atoms. The molecule has 0 saturated carbocycles. The Bertz CT molecular complexity index is 244. The Kier molecular flexibility index (Phi) is 8.80. The first-order valence-corrected chi connectivity index (χ1v) is 5.75. The minimum absolute atomic E-state index is 0.266. The zero-order valence-electron chi connectivity index (χ0n) is 10.4. The summed E-state index contributed by atoms with van der Waals surface area (Å²) in [4.78, 5) is 12.4. The molecule has 2 atom stereocenters. The zero-order valence-corrected chi connectivity index (χ0v) is 10.4. The van der Waals surface area contributed by atoms with Crippen LogP contribution in [0.3, 0.4) is 0 Å². The number of halogens is 1. The monoisotopic (exact) mass is 246 g/mol. The number of hydrogen-bond donors (Lipinski definition) is 2. The van der Waals surface area contributed by atoms with Crippen LogP contribution in [0.4, 0.5) is 4.48 Å². The van der Waals surface area contributed by atoms with Crippen LogP contribution >= 0.6 is 0 Å². The van der Waals surface area contributed by atoms with E-state index >= 15 is 0 Å². The van der Waals surface area contributed by atoms with Gasteiger partial charge in [0.05, 0.1) is 0 Å². The Morgan fingerprint density at radius 1 is 1.47 bits per heavy atom. The van der Waals surface area contributed by atoms with E-state index in [0.717, 1.165) is 20.0 Å². The predicted octanol–water partition coefficient (Wildman–Crippen LogP) is 0.802. The van der Waals surface area contributed by atoms with Gasteiger partial charge in [0.1, 0.15) is 0 Å². The van der Waals surface area contributed by atoms with Crippen LogP contribution in [0.15, 0.2) is 0 Å². The van der Waals surface area contributed by atoms with Gasteiger partial charge in [0, 0.05) is 0 Å². The number of rotatable bonds is 10. The third-order valence-electron chi connectivity index (χ3n) is 2.91. The molecule has 0 aliphatic rings. The fourth-order valence-corrected chi connectivity index (χ4v) is 1.53. The van der Waals surface area contributed by atoms with Crippen molar-refractivity contribution in [2.75, 3.05) is 13.5 Å². The van der Waals surface area contributed by atoms with Crippen LogP contribution in [0.1, 0.15) is 32.6 Å². The van der Waals surface area contributed by atoms with Gasteiger partial charge in [0.25, 0.3) is 0 Å². The van der Waals surface area contributed by atoms with Crippen molar-refractivity contribution in [2.45, 2.75) is 44.7 Å². The summed E-state index contributed by atoms with van der Waals surface area (Å²) < 4.78 is 22.3. The van der Waals surface area contributed by atoms with Crippen molar-refractivity contribution < 1.29 is 19.1 Å². The van der Waals surface area contributed by atoms with Crippen LogP contribution < -0.4 is 5.54 Å². The minimum atomic E-state index is -1.17. The number of unbranched alkanes of at least 4 members (excludes halogenated alkanes) is 1. The van der Waals surface area contributed by atoms with Crippen molar-refractivity contribution in [1.29, 1.82) is 0 Å². The number of carbonyl (C=O) groups is 1. The van der Waals surface area contributed by atoms with Gasteiger partial charge < -0.3 is 0 Å². The van der Waals surface area contributed by atoms with Gasteiger partial charge >= 0.3 is 101 Å². The molecule has 0 saturated heterocycles. The standard InChI is InChI=1S/C10H20BFN2O3/c1-8(14(2)7-11-17)5-3-4-6-9(13-12)10(15)16/h8-9,13H,3-7H2,1-2H3,(H,15,16). The zero-order chi connectivity index (χ0) is 13.3. The molecule has 7 heteroatoms. The van der Waals surface area contributed by atoms with E-state index in [-0.39, 0.29) is 12.5 Å². The third kappa shape index (κ3) is 7.17. The number of carboxylic acids is 1. The van der Waals surface area contributed by atoms with Gasteiger partial charge in [-0.2, -0.15) is 0 Å². The van der Waals surface area contributed by atoms with E-state index in [1.54, 1.807) is 0 Å². The summed E-state index contributed by atoms with van der Waals surface area (Å²) in [6.45, 7) is 2.01. The van der Waals surface area contributed by atoms with Gasteiger partial charge in [-0.1, -0.05) is 0 Å². The Morgan fingerprint density at radius 3 is 2.53 bits per heavy atom. The summed E-state index contributed by atoms with van der Waals surface area (Å²) in [5.41, 5.74) is 1.28. The molecule has 0 rings (SSSR count).